The first-order chi connectivity index (χ1) is 12.4. The number of hydrogen-bond acceptors (Lipinski definition) is 1. The Kier molecular flexibility index (Phi) is 5.35. The van der Waals surface area contributed by atoms with Crippen LogP contribution in [-0.2, 0) is 4.79 Å². The van der Waals surface area contributed by atoms with Gasteiger partial charge in [0.2, 0.25) is 5.91 Å². The highest BCUT2D eigenvalue weighted by Crippen LogP contribution is 2.41. The van der Waals surface area contributed by atoms with Crippen LogP contribution in [0, 0.1) is 11.8 Å². The van der Waals surface area contributed by atoms with Crippen molar-refractivity contribution in [3.8, 4) is 11.1 Å². The summed E-state index contributed by atoms with van der Waals surface area (Å²) in [5.74, 6) is -2.19. The van der Waals surface area contributed by atoms with Crippen LogP contribution in [0.25, 0.3) is 11.1 Å². The molecular weight excluding hydrogens is 339 g/mol. The third-order valence-electron chi connectivity index (χ3n) is 5.17. The summed E-state index contributed by atoms with van der Waals surface area (Å²) in [6.07, 6.45) is -3.25. The van der Waals surface area contributed by atoms with Crippen molar-refractivity contribution in [1.82, 2.24) is 0 Å². The van der Waals surface area contributed by atoms with Crippen molar-refractivity contribution in [2.75, 3.05) is 11.9 Å². The van der Waals surface area contributed by atoms with Gasteiger partial charge in [-0.2, -0.15) is 13.2 Å². The molecule has 2 unspecified atom stereocenters. The van der Waals surface area contributed by atoms with Crippen LogP contribution in [0.1, 0.15) is 25.7 Å². The number of benzene rings is 2. The average molecular weight is 361 g/mol. The first-order valence-electron chi connectivity index (χ1n) is 8.86. The SMILES string of the molecule is CN(C(=O)C1CCCC(C(F)(F)F)C1)c1ccccc1-c1ccccc1. The number of para-hydroxylation sites is 1. The van der Waals surface area contributed by atoms with Gasteiger partial charge >= 0.3 is 6.18 Å². The molecule has 0 aliphatic heterocycles. The number of alkyl halides is 3. The predicted octanol–water partition coefficient (Wildman–Crippen LogP) is 5.69. The molecule has 1 amide bonds. The second-order valence-electron chi connectivity index (χ2n) is 6.88. The fourth-order valence-electron chi connectivity index (χ4n) is 3.73. The van der Waals surface area contributed by atoms with Gasteiger partial charge < -0.3 is 4.90 Å². The number of amides is 1. The molecule has 138 valence electrons. The molecule has 0 heterocycles. The number of anilines is 1. The third kappa shape index (κ3) is 3.92. The largest absolute Gasteiger partial charge is 0.391 e. The van der Waals surface area contributed by atoms with Gasteiger partial charge in [0.15, 0.2) is 0 Å². The van der Waals surface area contributed by atoms with Gasteiger partial charge in [-0.3, -0.25) is 4.79 Å². The first kappa shape index (κ1) is 18.5. The van der Waals surface area contributed by atoms with Crippen molar-refractivity contribution >= 4 is 11.6 Å². The molecule has 1 aliphatic rings. The van der Waals surface area contributed by atoms with E-state index in [0.29, 0.717) is 12.8 Å². The monoisotopic (exact) mass is 361 g/mol. The normalized spacial score (nSPS) is 20.6. The van der Waals surface area contributed by atoms with Crippen LogP contribution < -0.4 is 4.90 Å². The van der Waals surface area contributed by atoms with Gasteiger partial charge in [0.1, 0.15) is 0 Å². The van der Waals surface area contributed by atoms with E-state index in [9.17, 15) is 18.0 Å². The summed E-state index contributed by atoms with van der Waals surface area (Å²) in [6.45, 7) is 0. The molecule has 5 heteroatoms. The third-order valence-corrected chi connectivity index (χ3v) is 5.17. The molecule has 2 atom stereocenters. The summed E-state index contributed by atoms with van der Waals surface area (Å²) >= 11 is 0. The summed E-state index contributed by atoms with van der Waals surface area (Å²) in [4.78, 5) is 14.4. The number of nitrogens with zero attached hydrogens (tertiary/aromatic N) is 1. The summed E-state index contributed by atoms with van der Waals surface area (Å²) in [7, 11) is 1.65. The Labute approximate surface area is 151 Å². The number of carbonyl (C=O) groups is 1. The van der Waals surface area contributed by atoms with E-state index in [4.69, 9.17) is 0 Å². The maximum Gasteiger partial charge on any atom is 0.391 e. The summed E-state index contributed by atoms with van der Waals surface area (Å²) < 4.78 is 39.2. The van der Waals surface area contributed by atoms with Gasteiger partial charge in [-0.15, -0.1) is 0 Å². The smallest absolute Gasteiger partial charge is 0.315 e. The molecular formula is C21H22F3NO. The van der Waals surface area contributed by atoms with E-state index >= 15 is 0 Å². The van der Waals surface area contributed by atoms with E-state index in [-0.39, 0.29) is 18.7 Å². The van der Waals surface area contributed by atoms with Crippen LogP contribution in [-0.4, -0.2) is 19.1 Å². The van der Waals surface area contributed by atoms with E-state index in [1.54, 1.807) is 7.05 Å². The van der Waals surface area contributed by atoms with Crippen LogP contribution in [0.5, 0.6) is 0 Å². The Balaban J connectivity index is 1.84. The summed E-state index contributed by atoms with van der Waals surface area (Å²) in [5, 5.41) is 0. The topological polar surface area (TPSA) is 20.3 Å². The molecule has 3 rings (SSSR count). The molecule has 2 aromatic carbocycles. The van der Waals surface area contributed by atoms with Gasteiger partial charge in [0.05, 0.1) is 11.6 Å². The molecule has 0 bridgehead atoms. The van der Waals surface area contributed by atoms with Gasteiger partial charge in [-0.1, -0.05) is 55.0 Å². The minimum Gasteiger partial charge on any atom is -0.315 e. The van der Waals surface area contributed by atoms with Crippen LogP contribution in [0.4, 0.5) is 18.9 Å². The Bertz CT molecular complexity index is 757. The quantitative estimate of drug-likeness (QED) is 0.688. The van der Waals surface area contributed by atoms with Crippen molar-refractivity contribution in [2.24, 2.45) is 11.8 Å². The minimum absolute atomic E-state index is 0.111. The van der Waals surface area contributed by atoms with Gasteiger partial charge in [0.25, 0.3) is 0 Å². The fourth-order valence-corrected chi connectivity index (χ4v) is 3.73. The highest BCUT2D eigenvalue weighted by Gasteiger charge is 2.44. The Morgan fingerprint density at radius 1 is 1.00 bits per heavy atom. The fraction of sp³-hybridized carbons (Fsp3) is 0.381. The molecule has 2 nitrogen and oxygen atoms in total. The molecule has 0 N–H and O–H groups in total. The molecule has 1 aliphatic carbocycles. The zero-order chi connectivity index (χ0) is 18.7. The van der Waals surface area contributed by atoms with Crippen LogP contribution in [0.15, 0.2) is 54.6 Å². The minimum atomic E-state index is -4.22. The molecule has 0 spiro atoms. The summed E-state index contributed by atoms with van der Waals surface area (Å²) in [6, 6.07) is 17.2. The lowest BCUT2D eigenvalue weighted by atomic mass is 9.80. The Hall–Kier alpha value is -2.30. The standard InChI is InChI=1S/C21H22F3NO/c1-25(20(26)16-10-7-11-17(14-16)21(22,23)24)19-13-6-5-12-18(19)15-8-3-2-4-9-15/h2-6,8-9,12-13,16-17H,7,10-11,14H2,1H3. The number of hydrogen-bond donors (Lipinski definition) is 0. The Morgan fingerprint density at radius 2 is 1.65 bits per heavy atom. The van der Waals surface area contributed by atoms with Crippen molar-refractivity contribution < 1.29 is 18.0 Å². The van der Waals surface area contributed by atoms with Gasteiger partial charge in [-0.25, -0.2) is 0 Å². The van der Waals surface area contributed by atoms with Crippen LogP contribution in [0.3, 0.4) is 0 Å². The van der Waals surface area contributed by atoms with Crippen molar-refractivity contribution in [3.05, 3.63) is 54.6 Å². The molecule has 1 saturated carbocycles. The first-order valence-corrected chi connectivity index (χ1v) is 8.86. The van der Waals surface area contributed by atoms with Gasteiger partial charge in [0, 0.05) is 18.5 Å². The molecule has 26 heavy (non-hydrogen) atoms. The van der Waals surface area contributed by atoms with Crippen LogP contribution >= 0.6 is 0 Å². The lowest BCUT2D eigenvalue weighted by Crippen LogP contribution is -2.38. The van der Waals surface area contributed by atoms with E-state index < -0.39 is 18.0 Å². The zero-order valence-corrected chi connectivity index (χ0v) is 14.7. The van der Waals surface area contributed by atoms with Crippen LogP contribution in [0.2, 0.25) is 0 Å². The second kappa shape index (κ2) is 7.52. The Morgan fingerprint density at radius 3 is 2.35 bits per heavy atom. The lowest BCUT2D eigenvalue weighted by Gasteiger charge is -2.32. The maximum atomic E-state index is 13.1. The average Bonchev–Trinajstić information content (AvgIpc) is 2.67. The van der Waals surface area contributed by atoms with E-state index in [0.717, 1.165) is 16.8 Å². The van der Waals surface area contributed by atoms with E-state index in [1.807, 2.05) is 54.6 Å². The highest BCUT2D eigenvalue weighted by atomic mass is 19.4. The lowest BCUT2D eigenvalue weighted by molar-refractivity contribution is -0.186. The highest BCUT2D eigenvalue weighted by molar-refractivity contribution is 5.98. The number of halogens is 3. The van der Waals surface area contributed by atoms with Crippen molar-refractivity contribution in [3.63, 3.8) is 0 Å². The predicted molar refractivity (Wildman–Crippen MR) is 96.8 cm³/mol. The van der Waals surface area contributed by atoms with Crippen molar-refractivity contribution in [1.29, 1.82) is 0 Å². The summed E-state index contributed by atoms with van der Waals surface area (Å²) in [5.41, 5.74) is 2.59. The second-order valence-corrected chi connectivity index (χ2v) is 6.88. The van der Waals surface area contributed by atoms with E-state index in [1.165, 1.54) is 4.90 Å². The number of carbonyl (C=O) groups excluding carboxylic acids is 1. The molecule has 2 aromatic rings. The van der Waals surface area contributed by atoms with Crippen molar-refractivity contribution in [2.45, 2.75) is 31.9 Å². The van der Waals surface area contributed by atoms with Gasteiger partial charge in [-0.05, 0) is 30.9 Å². The molecule has 0 saturated heterocycles. The molecule has 0 aromatic heterocycles. The zero-order valence-electron chi connectivity index (χ0n) is 14.7. The molecule has 1 fully saturated rings. The molecule has 0 radical (unpaired) electrons. The number of rotatable bonds is 3. The van der Waals surface area contributed by atoms with E-state index in [2.05, 4.69) is 0 Å². The maximum absolute atomic E-state index is 13.1.